The minimum atomic E-state index is -2.05. The number of primary amides is 1. The minimum Gasteiger partial charge on any atom is -0.481 e. The van der Waals surface area contributed by atoms with Crippen LogP contribution in [0.2, 0.25) is 0 Å². The molecule has 0 saturated carbocycles. The summed E-state index contributed by atoms with van der Waals surface area (Å²) in [4.78, 5) is 144. The van der Waals surface area contributed by atoms with Crippen molar-refractivity contribution in [2.75, 3.05) is 11.9 Å². The number of aromatic nitrogens is 2. The number of hydrogen-bond acceptors (Lipinski definition) is 15. The molecule has 2 aromatic heterocycles. The maximum atomic E-state index is 15.5. The SMILES string of the molecule is CC[C@@]1(O)C(=O)OCc2c1cc1n(c2=O)Cc2c-1nc1cc(F)c(C)c3c1c2[C@@H](NC(=O)OCc1ccc(NC(=O)[C@H](CCCNC(N)=O)NC(=O)[C@@H](NC(=O)CCCCCCCCCCCCCCCCCC[C@H](NC(=O)N[C@@H](CCC(=O)O)C(=O)O)C(=O)O)C(C)C)cc1)CC3. The highest BCUT2D eigenvalue weighted by Gasteiger charge is 2.46. The lowest BCUT2D eigenvalue weighted by atomic mass is 9.81. The maximum absolute atomic E-state index is 15.5. The van der Waals surface area contributed by atoms with Gasteiger partial charge >= 0.3 is 42.0 Å². The number of aryl methyl sites for hydroxylation is 1. The number of halogens is 1. The summed E-state index contributed by atoms with van der Waals surface area (Å²) in [6, 6.07) is 2.40. The van der Waals surface area contributed by atoms with Gasteiger partial charge in [0.15, 0.2) is 5.60 Å². The van der Waals surface area contributed by atoms with Crippen LogP contribution < -0.4 is 48.5 Å². The van der Waals surface area contributed by atoms with E-state index in [1.807, 2.05) is 0 Å². The lowest BCUT2D eigenvalue weighted by Gasteiger charge is -2.31. The number of nitrogens with two attached hydrogens (primary N) is 1. The molecule has 27 nitrogen and oxygen atoms in total. The summed E-state index contributed by atoms with van der Waals surface area (Å²) >= 11 is 0. The number of hydrogen-bond donors (Lipinski definition) is 12. The number of alkyl carbamates (subject to hydrolysis) is 1. The van der Waals surface area contributed by atoms with Crippen LogP contribution in [0.1, 0.15) is 220 Å². The molecule has 2 aromatic carbocycles. The summed E-state index contributed by atoms with van der Waals surface area (Å²) in [6.07, 6.45) is 15.8. The molecular weight excluding hydrogens is 1270 g/mol. The van der Waals surface area contributed by atoms with Crippen LogP contribution in [-0.4, -0.2) is 120 Å². The second-order valence-electron chi connectivity index (χ2n) is 26.1. The Morgan fingerprint density at radius 1 is 0.735 bits per heavy atom. The molecule has 4 heterocycles. The summed E-state index contributed by atoms with van der Waals surface area (Å²) in [5.41, 5.74) is 7.48. The Labute approximate surface area is 568 Å². The highest BCUT2D eigenvalue weighted by Crippen LogP contribution is 2.46. The molecular formula is C70H95FN10O17. The summed E-state index contributed by atoms with van der Waals surface area (Å²) in [5, 5.41) is 58.0. The number of nitrogens with zero attached hydrogens (tertiary/aromatic N) is 2. The van der Waals surface area contributed by atoms with Crippen molar-refractivity contribution < 1.29 is 82.2 Å². The van der Waals surface area contributed by atoms with Gasteiger partial charge < -0.3 is 77.4 Å². The van der Waals surface area contributed by atoms with E-state index in [9.17, 15) is 68.1 Å². The van der Waals surface area contributed by atoms with Crippen molar-refractivity contribution in [1.29, 1.82) is 0 Å². The van der Waals surface area contributed by atoms with Crippen molar-refractivity contribution >= 4 is 76.3 Å². The number of amides is 8. The predicted octanol–water partition coefficient (Wildman–Crippen LogP) is 8.55. The van der Waals surface area contributed by atoms with Gasteiger partial charge in [0.05, 0.1) is 35.1 Å². The molecule has 0 radical (unpaired) electrons. The number of cyclic esters (lactones) is 1. The monoisotopic (exact) mass is 1370 g/mol. The predicted molar refractivity (Wildman–Crippen MR) is 359 cm³/mol. The topological polar surface area (TPSA) is 415 Å². The number of anilines is 1. The number of carbonyl (C=O) groups is 10. The standard InChI is InChI=1S/C70H95FN10O17/c1-5-70(96)47-35-54-60-45(37-81(54)63(87)46(47)39-97-66(70)92)58-49(31-30-44-41(4)48(71)36-53(75-60)57(44)58)79-69(95)98-38-42-26-28-43(29-27-42)74-61(85)50(24-22-34-73-67(72)93)76-62(86)59(40(2)3)80-55(82)25-21-19-17-15-13-11-9-7-6-8-10-12-14-16-18-20-23-51(64(88)89)77-68(94)78-52(65(90)91)32-33-56(83)84/h26-29,35-36,40,49-52,59,96H,5-25,30-34,37-39H2,1-4H3,(H,74,85)(H,76,86)(H,79,95)(H,80,82)(H,83,84)(H,88,89)(H,90,91)(H3,72,73,93)(H2,77,78,94)/t49-,50-,51-,52-,59-,70-/m0/s1. The highest BCUT2D eigenvalue weighted by atomic mass is 19.1. The van der Waals surface area contributed by atoms with Crippen LogP contribution in [0, 0.1) is 18.7 Å². The third kappa shape index (κ3) is 20.7. The van der Waals surface area contributed by atoms with Crippen molar-refractivity contribution in [1.82, 2.24) is 41.5 Å². The van der Waals surface area contributed by atoms with Gasteiger partial charge in [0.2, 0.25) is 17.7 Å². The fraction of sp³-hybridized carbons (Fsp3) is 0.571. The van der Waals surface area contributed by atoms with Crippen LogP contribution >= 0.6 is 0 Å². The molecule has 4 aromatic rings. The summed E-state index contributed by atoms with van der Waals surface area (Å²) < 4.78 is 28.0. The number of rotatable bonds is 40. The Morgan fingerprint density at radius 2 is 1.33 bits per heavy atom. The number of fused-ring (bicyclic) bond motifs is 5. The number of unbranched alkanes of at least 4 members (excludes halogenated alkanes) is 15. The quantitative estimate of drug-likeness (QED) is 0.0129. The van der Waals surface area contributed by atoms with Gasteiger partial charge in [-0.1, -0.05) is 129 Å². The van der Waals surface area contributed by atoms with Gasteiger partial charge in [-0.3, -0.25) is 24.0 Å². The van der Waals surface area contributed by atoms with Gasteiger partial charge in [0.1, 0.15) is 43.2 Å². The average Bonchev–Trinajstić information content (AvgIpc) is 1.48. The van der Waals surface area contributed by atoms with Crippen molar-refractivity contribution in [3.63, 3.8) is 0 Å². The number of urea groups is 2. The summed E-state index contributed by atoms with van der Waals surface area (Å²) in [6.45, 7) is 6.60. The van der Waals surface area contributed by atoms with Gasteiger partial charge in [-0.2, -0.15) is 0 Å². The molecule has 8 amide bonds. The minimum absolute atomic E-state index is 0.0460. The van der Waals surface area contributed by atoms with E-state index in [2.05, 4.69) is 37.2 Å². The van der Waals surface area contributed by atoms with E-state index in [4.69, 9.17) is 25.3 Å². The van der Waals surface area contributed by atoms with Crippen LogP contribution in [0.5, 0.6) is 0 Å². The zero-order valence-corrected chi connectivity index (χ0v) is 56.4. The fourth-order valence-corrected chi connectivity index (χ4v) is 13.0. The Balaban J connectivity index is 0.797. The number of benzene rings is 2. The first-order chi connectivity index (χ1) is 46.8. The fourth-order valence-electron chi connectivity index (χ4n) is 13.0. The van der Waals surface area contributed by atoms with E-state index in [1.54, 1.807) is 58.0 Å². The van der Waals surface area contributed by atoms with Crippen molar-refractivity contribution in [3.8, 4) is 11.4 Å². The molecule has 13 N–H and O–H groups in total. The molecule has 534 valence electrons. The van der Waals surface area contributed by atoms with Crippen LogP contribution in [0.15, 0.2) is 41.2 Å². The molecule has 2 aliphatic heterocycles. The first-order valence-corrected chi connectivity index (χ1v) is 34.3. The normalized spacial score (nSPS) is 16.2. The van der Waals surface area contributed by atoms with Crippen molar-refractivity contribution in [2.45, 2.75) is 244 Å². The number of aliphatic hydroxyl groups is 1. The summed E-state index contributed by atoms with van der Waals surface area (Å²) in [7, 11) is 0. The molecule has 6 atom stereocenters. The number of pyridine rings is 2. The lowest BCUT2D eigenvalue weighted by molar-refractivity contribution is -0.172. The number of carbonyl (C=O) groups excluding carboxylic acids is 7. The summed E-state index contributed by atoms with van der Waals surface area (Å²) in [5.74, 6) is -6.89. The molecule has 7 rings (SSSR count). The number of ether oxygens (including phenoxy) is 2. The number of carboxylic acids is 3. The molecule has 0 spiro atoms. The number of carboxylic acid groups (broad SMARTS) is 3. The lowest BCUT2D eigenvalue weighted by Crippen LogP contribution is -2.54. The van der Waals surface area contributed by atoms with Crippen LogP contribution in [0.25, 0.3) is 22.3 Å². The Bertz CT molecular complexity index is 3620. The van der Waals surface area contributed by atoms with Gasteiger partial charge in [0, 0.05) is 47.7 Å². The number of esters is 1. The average molecular weight is 1370 g/mol. The second-order valence-corrected chi connectivity index (χ2v) is 26.1. The first-order valence-electron chi connectivity index (χ1n) is 34.3. The Kier molecular flexibility index (Phi) is 28.3. The molecule has 0 bridgehead atoms. The second kappa shape index (κ2) is 36.4. The van der Waals surface area contributed by atoms with E-state index in [-0.39, 0.29) is 87.8 Å². The van der Waals surface area contributed by atoms with E-state index < -0.39 is 107 Å². The van der Waals surface area contributed by atoms with Gasteiger partial charge in [0.25, 0.3) is 5.56 Å². The van der Waals surface area contributed by atoms with Gasteiger partial charge in [-0.15, -0.1) is 0 Å². The zero-order chi connectivity index (χ0) is 71.2. The molecule has 28 heteroatoms. The van der Waals surface area contributed by atoms with Crippen LogP contribution in [0.3, 0.4) is 0 Å². The number of aliphatic carboxylic acids is 3. The smallest absolute Gasteiger partial charge is 0.407 e. The van der Waals surface area contributed by atoms with Gasteiger partial charge in [-0.05, 0) is 105 Å². The maximum Gasteiger partial charge on any atom is 0.407 e. The van der Waals surface area contributed by atoms with E-state index >= 15 is 4.39 Å². The van der Waals surface area contributed by atoms with Crippen LogP contribution in [-0.2, 0) is 74.8 Å². The van der Waals surface area contributed by atoms with Crippen molar-refractivity contribution in [3.05, 3.63) is 91.5 Å². The van der Waals surface area contributed by atoms with E-state index in [0.717, 1.165) is 95.5 Å². The molecule has 0 saturated heterocycles. The van der Waals surface area contributed by atoms with E-state index in [1.165, 1.54) is 10.6 Å². The Hall–Kier alpha value is -9.21. The molecule has 3 aliphatic rings. The first kappa shape index (κ1) is 76.2. The molecule has 1 aliphatic carbocycles. The van der Waals surface area contributed by atoms with Crippen LogP contribution in [0.4, 0.5) is 24.5 Å². The molecule has 0 unspecified atom stereocenters. The van der Waals surface area contributed by atoms with Gasteiger partial charge in [-0.25, -0.2) is 38.1 Å². The molecule has 98 heavy (non-hydrogen) atoms. The number of nitrogens with one attached hydrogen (secondary N) is 7. The zero-order valence-electron chi connectivity index (χ0n) is 56.4. The molecule has 0 fully saturated rings. The third-order valence-electron chi connectivity index (χ3n) is 18.6. The largest absolute Gasteiger partial charge is 0.481 e. The van der Waals surface area contributed by atoms with E-state index in [0.29, 0.717) is 75.9 Å². The highest BCUT2D eigenvalue weighted by molar-refractivity contribution is 5.99. The Morgan fingerprint density at radius 3 is 1.91 bits per heavy atom. The van der Waals surface area contributed by atoms with Crippen molar-refractivity contribution in [2.24, 2.45) is 11.7 Å². The third-order valence-corrected chi connectivity index (χ3v) is 18.6.